The summed E-state index contributed by atoms with van der Waals surface area (Å²) in [6.07, 6.45) is -1.31. The highest BCUT2D eigenvalue weighted by Gasteiger charge is 2.50. The van der Waals surface area contributed by atoms with Gasteiger partial charge < -0.3 is 19.6 Å². The van der Waals surface area contributed by atoms with Gasteiger partial charge in [0.1, 0.15) is 6.61 Å². The van der Waals surface area contributed by atoms with E-state index in [1.165, 1.54) is 10.4 Å². The molecule has 4 aromatic rings. The number of alkyl halides is 1. The Hall–Kier alpha value is -3.08. The van der Waals surface area contributed by atoms with Crippen LogP contribution in [0, 0.1) is 6.92 Å². The first-order chi connectivity index (χ1) is 22.0. The van der Waals surface area contributed by atoms with Crippen molar-refractivity contribution in [3.8, 4) is 0 Å². The van der Waals surface area contributed by atoms with Crippen LogP contribution in [0.3, 0.4) is 0 Å². The zero-order valence-corrected chi connectivity index (χ0v) is 30.3. The van der Waals surface area contributed by atoms with Crippen LogP contribution in [0.4, 0.5) is 4.79 Å². The van der Waals surface area contributed by atoms with Crippen LogP contribution in [0.1, 0.15) is 38.3 Å². The molecule has 0 saturated heterocycles. The lowest BCUT2D eigenvalue weighted by molar-refractivity contribution is 0.108. The Morgan fingerprint density at radius 3 is 1.91 bits per heavy atom. The second-order valence-corrected chi connectivity index (χ2v) is 19.4. The van der Waals surface area contributed by atoms with Gasteiger partial charge in [0, 0.05) is 16.3 Å². The zero-order chi connectivity index (χ0) is 33.2. The maximum atomic E-state index is 13.2. The van der Waals surface area contributed by atoms with Crippen LogP contribution in [0.15, 0.2) is 120 Å². The molecule has 0 radical (unpaired) electrons. The van der Waals surface area contributed by atoms with Crippen LogP contribution in [0.5, 0.6) is 0 Å². The van der Waals surface area contributed by atoms with E-state index in [1.807, 2.05) is 85.8 Å². The van der Waals surface area contributed by atoms with Crippen LogP contribution in [0.25, 0.3) is 0 Å². The Balaban J connectivity index is 1.53. The summed E-state index contributed by atoms with van der Waals surface area (Å²) in [6.45, 7) is 9.10. The van der Waals surface area contributed by atoms with Gasteiger partial charge in [-0.1, -0.05) is 145 Å². The third kappa shape index (κ3) is 9.26. The van der Waals surface area contributed by atoms with Gasteiger partial charge in [0.2, 0.25) is 0 Å². The van der Waals surface area contributed by atoms with Crippen LogP contribution >= 0.6 is 15.9 Å². The molecule has 4 rings (SSSR count). The van der Waals surface area contributed by atoms with Gasteiger partial charge in [-0.2, -0.15) is 0 Å². The Kier molecular flexibility index (Phi) is 12.9. The minimum absolute atomic E-state index is 0.0512. The van der Waals surface area contributed by atoms with Crippen molar-refractivity contribution in [1.29, 1.82) is 0 Å². The van der Waals surface area contributed by atoms with E-state index in [0.29, 0.717) is 17.9 Å². The van der Waals surface area contributed by atoms with E-state index in [4.69, 9.17) is 9.16 Å². The maximum Gasteiger partial charge on any atom is 0.407 e. The van der Waals surface area contributed by atoms with Crippen LogP contribution < -0.4 is 15.7 Å². The molecule has 46 heavy (non-hydrogen) atoms. The lowest BCUT2D eigenvalue weighted by Gasteiger charge is -2.43. The molecule has 1 amide bonds. The number of hydrogen-bond acceptors (Lipinski definition) is 5. The molecule has 0 fully saturated rings. The molecule has 4 atom stereocenters. The molecule has 2 N–H and O–H groups in total. The molecule has 6 nitrogen and oxygen atoms in total. The number of nitrogens with one attached hydrogen (secondary N) is 1. The van der Waals surface area contributed by atoms with Gasteiger partial charge in [0.05, 0.1) is 28.7 Å². The second-order valence-electron chi connectivity index (χ2n) is 12.4. The van der Waals surface area contributed by atoms with Gasteiger partial charge in [-0.3, -0.25) is 4.21 Å². The summed E-state index contributed by atoms with van der Waals surface area (Å²) in [7, 11) is -4.26. The van der Waals surface area contributed by atoms with Crippen LogP contribution in [-0.2, 0) is 26.6 Å². The number of carbonyl (C=O) groups is 1. The Morgan fingerprint density at radius 1 is 0.870 bits per heavy atom. The smallest absolute Gasteiger partial charge is 0.407 e. The summed E-state index contributed by atoms with van der Waals surface area (Å²) < 4.78 is 25.8. The topological polar surface area (TPSA) is 84.9 Å². The predicted molar refractivity (Wildman–Crippen MR) is 193 cm³/mol. The van der Waals surface area contributed by atoms with Gasteiger partial charge in [0.15, 0.2) is 0 Å². The fourth-order valence-corrected chi connectivity index (χ4v) is 12.0. The highest BCUT2D eigenvalue weighted by Crippen LogP contribution is 2.37. The SMILES string of the molecule is Cc1ccc([S@](=O)C[C@@H](O)[C@H](NC(=O)OCc2ccccc2)[C@H](Br)CCO[Si](c2ccccc2)(c2ccccc2)C(C)(C)C)cc1. The van der Waals surface area contributed by atoms with Crippen molar-refractivity contribution in [1.82, 2.24) is 5.32 Å². The van der Waals surface area contributed by atoms with Crippen molar-refractivity contribution in [3.63, 3.8) is 0 Å². The van der Waals surface area contributed by atoms with E-state index in [-0.39, 0.29) is 17.4 Å². The largest absolute Gasteiger partial charge is 0.445 e. The first kappa shape index (κ1) is 35.8. The van der Waals surface area contributed by atoms with E-state index >= 15 is 0 Å². The third-order valence-electron chi connectivity index (χ3n) is 8.04. The first-order valence-corrected chi connectivity index (χ1v) is 19.6. The number of carbonyl (C=O) groups excluding carboxylic acids is 1. The number of benzene rings is 4. The third-order valence-corrected chi connectivity index (χ3v) is 15.5. The quantitative estimate of drug-likeness (QED) is 0.115. The van der Waals surface area contributed by atoms with Gasteiger partial charge >= 0.3 is 6.09 Å². The number of aliphatic hydroxyl groups is 1. The van der Waals surface area contributed by atoms with Crippen molar-refractivity contribution >= 4 is 51.5 Å². The van der Waals surface area contributed by atoms with Crippen molar-refractivity contribution in [3.05, 3.63) is 126 Å². The van der Waals surface area contributed by atoms with Crippen molar-refractivity contribution in [2.24, 2.45) is 0 Å². The number of hydrogen-bond donors (Lipinski definition) is 2. The van der Waals surface area contributed by atoms with E-state index in [1.54, 1.807) is 12.1 Å². The summed E-state index contributed by atoms with van der Waals surface area (Å²) in [5.41, 5.74) is 1.91. The van der Waals surface area contributed by atoms with Crippen LogP contribution in [-0.4, -0.2) is 53.1 Å². The van der Waals surface area contributed by atoms with Gasteiger partial charge in [-0.25, -0.2) is 4.79 Å². The summed E-state index contributed by atoms with van der Waals surface area (Å²) in [5, 5.41) is 16.4. The number of ether oxygens (including phenoxy) is 1. The predicted octanol–water partition coefficient (Wildman–Crippen LogP) is 6.49. The number of alkyl carbamates (subject to hydrolysis) is 1. The summed E-state index contributed by atoms with van der Waals surface area (Å²) in [6, 6.07) is 36.8. The number of halogens is 1. The maximum absolute atomic E-state index is 13.2. The Bertz CT molecular complexity index is 1500. The van der Waals surface area contributed by atoms with Crippen LogP contribution in [0.2, 0.25) is 5.04 Å². The fraction of sp³-hybridized carbons (Fsp3) is 0.324. The lowest BCUT2D eigenvalue weighted by Crippen LogP contribution is -2.66. The average Bonchev–Trinajstić information content (AvgIpc) is 3.05. The molecule has 0 bridgehead atoms. The van der Waals surface area contributed by atoms with E-state index in [2.05, 4.69) is 66.3 Å². The molecule has 0 aromatic heterocycles. The minimum atomic E-state index is -2.78. The minimum Gasteiger partial charge on any atom is -0.445 e. The zero-order valence-electron chi connectivity index (χ0n) is 26.9. The molecule has 244 valence electrons. The molecule has 0 unspecified atom stereocenters. The van der Waals surface area contributed by atoms with Crippen molar-refractivity contribution in [2.75, 3.05) is 12.4 Å². The highest BCUT2D eigenvalue weighted by molar-refractivity contribution is 9.09. The molecule has 4 aromatic carbocycles. The van der Waals surface area contributed by atoms with Gasteiger partial charge in [-0.15, -0.1) is 0 Å². The molecule has 9 heteroatoms. The summed E-state index contributed by atoms with van der Waals surface area (Å²) in [4.78, 5) is 13.2. The monoisotopic (exact) mass is 721 g/mol. The van der Waals surface area contributed by atoms with Gasteiger partial charge in [0.25, 0.3) is 8.32 Å². The van der Waals surface area contributed by atoms with Crippen molar-refractivity contribution in [2.45, 2.75) is 67.6 Å². The molecule has 0 saturated carbocycles. The lowest BCUT2D eigenvalue weighted by atomic mass is 10.1. The molecule has 0 spiro atoms. The molecule has 0 aliphatic carbocycles. The normalized spacial score (nSPS) is 14.6. The number of aliphatic hydroxyl groups excluding tert-OH is 1. The number of amides is 1. The Morgan fingerprint density at radius 2 is 1.39 bits per heavy atom. The number of rotatable bonds is 14. The molecule has 0 aliphatic heterocycles. The molecule has 0 heterocycles. The molecular formula is C37H44BrNO5SSi. The first-order valence-electron chi connectivity index (χ1n) is 15.5. The summed E-state index contributed by atoms with van der Waals surface area (Å²) >= 11 is 3.76. The molecule has 0 aliphatic rings. The van der Waals surface area contributed by atoms with E-state index < -0.39 is 42.2 Å². The van der Waals surface area contributed by atoms with E-state index in [0.717, 1.165) is 11.1 Å². The molecular weight excluding hydrogens is 678 g/mol. The van der Waals surface area contributed by atoms with E-state index in [9.17, 15) is 14.1 Å². The fourth-order valence-electron chi connectivity index (χ4n) is 5.64. The second kappa shape index (κ2) is 16.7. The Labute approximate surface area is 285 Å². The van der Waals surface area contributed by atoms with Gasteiger partial charge in [-0.05, 0) is 46.5 Å². The standard InChI is InChI=1S/C37H44BrNO5SSi/c1-28-20-22-30(23-21-28)45(42)27-34(40)35(39-36(41)43-26-29-14-8-5-9-15-29)33(38)24-25-44-46(37(2,3)4,31-16-10-6-11-17-31)32-18-12-7-13-19-32/h5-23,33-35,40H,24-27H2,1-4H3,(H,39,41)/t33-,34-,35-,45-/m1/s1. The number of aryl methyl sites for hydroxylation is 1. The average molecular weight is 723 g/mol. The van der Waals surface area contributed by atoms with Crippen molar-refractivity contribution < 1.29 is 23.3 Å². The highest BCUT2D eigenvalue weighted by atomic mass is 79.9. The summed E-state index contributed by atoms with van der Waals surface area (Å²) in [5.74, 6) is -0.0512.